The van der Waals surface area contributed by atoms with Gasteiger partial charge in [0.05, 0.1) is 24.1 Å². The highest BCUT2D eigenvalue weighted by Gasteiger charge is 2.29. The average Bonchev–Trinajstić information content (AvgIpc) is 3.35. The van der Waals surface area contributed by atoms with Crippen LogP contribution >= 0.6 is 0 Å². The number of imidazole rings is 1. The molecule has 0 N–H and O–H groups in total. The Morgan fingerprint density at radius 2 is 1.89 bits per heavy atom. The van der Waals surface area contributed by atoms with E-state index >= 15 is 0 Å². The van der Waals surface area contributed by atoms with Crippen LogP contribution in [0.1, 0.15) is 42.9 Å². The van der Waals surface area contributed by atoms with E-state index in [0.29, 0.717) is 36.3 Å². The van der Waals surface area contributed by atoms with Crippen LogP contribution in [0, 0.1) is 11.8 Å². The number of nitrogens with zero attached hydrogens (tertiary/aromatic N) is 4. The second kappa shape index (κ2) is 10.3. The monoisotopic (exact) mass is 470 g/mol. The van der Waals surface area contributed by atoms with E-state index in [0.717, 1.165) is 62.3 Å². The van der Waals surface area contributed by atoms with E-state index in [2.05, 4.69) is 58.5 Å². The highest BCUT2D eigenvalue weighted by Crippen LogP contribution is 2.32. The number of hydrogen-bond acceptors (Lipinski definition) is 5. The first-order chi connectivity index (χ1) is 17.3. The van der Waals surface area contributed by atoms with Crippen molar-refractivity contribution in [1.82, 2.24) is 19.3 Å². The van der Waals surface area contributed by atoms with Gasteiger partial charge in [-0.05, 0) is 74.4 Å². The highest BCUT2D eigenvalue weighted by molar-refractivity contribution is 5.46. The van der Waals surface area contributed by atoms with Crippen molar-refractivity contribution in [3.63, 3.8) is 0 Å². The summed E-state index contributed by atoms with van der Waals surface area (Å²) in [6, 6.07) is 10.4. The molecule has 0 spiro atoms. The molecule has 3 aromatic heterocycles. The van der Waals surface area contributed by atoms with Crippen LogP contribution < -0.4 is 4.74 Å². The van der Waals surface area contributed by atoms with Gasteiger partial charge in [-0.3, -0.25) is 0 Å². The molecule has 3 atom stereocenters. The van der Waals surface area contributed by atoms with E-state index in [1.54, 1.807) is 0 Å². The summed E-state index contributed by atoms with van der Waals surface area (Å²) in [5.41, 5.74) is 3.35. The third-order valence-corrected chi connectivity index (χ3v) is 7.79. The fourth-order valence-electron chi connectivity index (χ4n) is 5.58. The molecule has 6 nitrogen and oxygen atoms in total. The minimum Gasteiger partial charge on any atom is -0.473 e. The van der Waals surface area contributed by atoms with E-state index in [-0.39, 0.29) is 0 Å². The van der Waals surface area contributed by atoms with Crippen molar-refractivity contribution in [2.24, 2.45) is 11.8 Å². The molecule has 0 bridgehead atoms. The van der Waals surface area contributed by atoms with Gasteiger partial charge in [0.15, 0.2) is 0 Å². The molecule has 3 aromatic rings. The Morgan fingerprint density at radius 1 is 1.03 bits per heavy atom. The molecule has 3 aliphatic rings. The summed E-state index contributed by atoms with van der Waals surface area (Å²) in [6.45, 7) is 4.85. The zero-order chi connectivity index (χ0) is 23.5. The standard InChI is InChI=1S/C29H34N4O2/c1-2-5-25(24(4-1)17-27-11-15-34-27)19-32-12-9-23(10-13-32)28-6-3-7-29(31-28)35-20-22-8-14-33-21-30-18-26(33)16-22/h1-8,14,16,18,21,23-25,27H,9-13,15,17,19-20H2/t24-,25?,27?/m1/s1. The quantitative estimate of drug-likeness (QED) is 0.462. The maximum absolute atomic E-state index is 6.05. The summed E-state index contributed by atoms with van der Waals surface area (Å²) in [6.07, 6.45) is 20.1. The number of piperidine rings is 1. The zero-order valence-electron chi connectivity index (χ0n) is 20.2. The number of allylic oxidation sites excluding steroid dienone is 3. The van der Waals surface area contributed by atoms with E-state index in [9.17, 15) is 0 Å². The molecule has 0 saturated carbocycles. The Labute approximate surface area is 207 Å². The van der Waals surface area contributed by atoms with Gasteiger partial charge in [-0.1, -0.05) is 30.4 Å². The van der Waals surface area contributed by atoms with Gasteiger partial charge >= 0.3 is 0 Å². The number of hydrogen-bond donors (Lipinski definition) is 0. The number of pyridine rings is 2. The molecule has 2 aliphatic heterocycles. The van der Waals surface area contributed by atoms with Crippen molar-refractivity contribution < 1.29 is 9.47 Å². The second-order valence-corrected chi connectivity index (χ2v) is 10.1. The summed E-state index contributed by atoms with van der Waals surface area (Å²) in [4.78, 5) is 11.7. The predicted molar refractivity (Wildman–Crippen MR) is 136 cm³/mol. The predicted octanol–water partition coefficient (Wildman–Crippen LogP) is 5.03. The number of aromatic nitrogens is 3. The molecule has 5 heterocycles. The summed E-state index contributed by atoms with van der Waals surface area (Å²) >= 11 is 0. The van der Waals surface area contributed by atoms with Crippen LogP contribution in [0.2, 0.25) is 0 Å². The second-order valence-electron chi connectivity index (χ2n) is 10.1. The maximum atomic E-state index is 6.05. The zero-order valence-corrected chi connectivity index (χ0v) is 20.2. The third-order valence-electron chi connectivity index (χ3n) is 7.79. The van der Waals surface area contributed by atoms with Crippen LogP contribution in [0.15, 0.2) is 73.4 Å². The molecule has 0 amide bonds. The van der Waals surface area contributed by atoms with Gasteiger partial charge < -0.3 is 18.8 Å². The van der Waals surface area contributed by atoms with Gasteiger partial charge in [0.1, 0.15) is 6.61 Å². The van der Waals surface area contributed by atoms with Crippen LogP contribution in [0.25, 0.3) is 5.52 Å². The summed E-state index contributed by atoms with van der Waals surface area (Å²) in [5.74, 6) is 2.41. The smallest absolute Gasteiger partial charge is 0.213 e. The van der Waals surface area contributed by atoms with E-state index in [1.165, 1.54) is 6.42 Å². The Hall–Kier alpha value is -2.96. The minimum absolute atomic E-state index is 0.471. The number of ether oxygens (including phenoxy) is 2. The Morgan fingerprint density at radius 3 is 2.71 bits per heavy atom. The molecule has 182 valence electrons. The molecule has 6 heteroatoms. The molecular weight excluding hydrogens is 436 g/mol. The van der Waals surface area contributed by atoms with Crippen LogP contribution in [-0.4, -0.2) is 51.6 Å². The highest BCUT2D eigenvalue weighted by atomic mass is 16.5. The van der Waals surface area contributed by atoms with Crippen LogP contribution in [0.4, 0.5) is 0 Å². The van der Waals surface area contributed by atoms with E-state index < -0.39 is 0 Å². The summed E-state index contributed by atoms with van der Waals surface area (Å²) in [7, 11) is 0. The van der Waals surface area contributed by atoms with E-state index in [1.807, 2.05) is 29.2 Å². The topological polar surface area (TPSA) is 51.9 Å². The van der Waals surface area contributed by atoms with E-state index in [4.69, 9.17) is 14.5 Å². The Bertz CT molecular complexity index is 1190. The summed E-state index contributed by atoms with van der Waals surface area (Å²) < 4.78 is 13.8. The first-order valence-corrected chi connectivity index (χ1v) is 13.0. The first-order valence-electron chi connectivity index (χ1n) is 13.0. The lowest BCUT2D eigenvalue weighted by Crippen LogP contribution is -2.39. The number of fused-ring (bicyclic) bond motifs is 1. The van der Waals surface area contributed by atoms with Crippen molar-refractivity contribution in [3.8, 4) is 5.88 Å². The lowest BCUT2D eigenvalue weighted by Gasteiger charge is -2.37. The SMILES string of the molecule is C1=CC(CN2CCC(c3cccc(OCc4ccn5cncc5c4)n3)CC2)[C@@H](CC2CCO2)C=C1. The number of rotatable bonds is 8. The molecule has 1 aliphatic carbocycles. The minimum atomic E-state index is 0.471. The fourth-order valence-corrected chi connectivity index (χ4v) is 5.58. The van der Waals surface area contributed by atoms with Crippen molar-refractivity contribution in [2.75, 3.05) is 26.2 Å². The average molecular weight is 471 g/mol. The first kappa shape index (κ1) is 22.5. The van der Waals surface area contributed by atoms with Gasteiger partial charge in [-0.25, -0.2) is 9.97 Å². The fraction of sp³-hybridized carbons (Fsp3) is 0.448. The van der Waals surface area contributed by atoms with Gasteiger partial charge in [0.25, 0.3) is 0 Å². The normalized spacial score (nSPS) is 25.1. The van der Waals surface area contributed by atoms with Gasteiger partial charge in [0.2, 0.25) is 5.88 Å². The van der Waals surface area contributed by atoms with Crippen LogP contribution in [0.3, 0.4) is 0 Å². The Balaban J connectivity index is 1.01. The third kappa shape index (κ3) is 5.34. The molecule has 2 unspecified atom stereocenters. The molecular formula is C29H34N4O2. The lowest BCUT2D eigenvalue weighted by molar-refractivity contribution is -0.0628. The molecule has 0 aromatic carbocycles. The molecule has 2 fully saturated rings. The van der Waals surface area contributed by atoms with Crippen molar-refractivity contribution in [1.29, 1.82) is 0 Å². The largest absolute Gasteiger partial charge is 0.473 e. The molecule has 2 saturated heterocycles. The maximum Gasteiger partial charge on any atom is 0.213 e. The Kier molecular flexibility index (Phi) is 6.65. The van der Waals surface area contributed by atoms with Crippen LogP contribution in [-0.2, 0) is 11.3 Å². The van der Waals surface area contributed by atoms with Gasteiger partial charge in [-0.2, -0.15) is 0 Å². The number of likely N-dealkylation sites (tertiary alicyclic amines) is 1. The molecule has 35 heavy (non-hydrogen) atoms. The van der Waals surface area contributed by atoms with Crippen molar-refractivity contribution >= 4 is 5.52 Å². The van der Waals surface area contributed by atoms with Gasteiger partial charge in [0, 0.05) is 37.0 Å². The van der Waals surface area contributed by atoms with Crippen molar-refractivity contribution in [3.05, 3.63) is 84.6 Å². The summed E-state index contributed by atoms with van der Waals surface area (Å²) in [5, 5.41) is 0. The lowest BCUT2D eigenvalue weighted by atomic mass is 9.82. The molecule has 0 radical (unpaired) electrons. The van der Waals surface area contributed by atoms with Crippen molar-refractivity contribution in [2.45, 2.75) is 44.3 Å². The van der Waals surface area contributed by atoms with Crippen LogP contribution in [0.5, 0.6) is 5.88 Å². The van der Waals surface area contributed by atoms with Gasteiger partial charge in [-0.15, -0.1) is 0 Å². The molecule has 6 rings (SSSR count).